The molecule has 0 amide bonds. The standard InChI is InChI=1S/C8H4BrN3/c9-6-4-12-8-7(6)5(3-10)1-2-11-8/h1-2,4H,(H,11,12). The minimum atomic E-state index is 0.633. The van der Waals surface area contributed by atoms with Crippen LogP contribution in [0.1, 0.15) is 5.56 Å². The highest BCUT2D eigenvalue weighted by Gasteiger charge is 2.05. The molecule has 0 radical (unpaired) electrons. The van der Waals surface area contributed by atoms with E-state index < -0.39 is 0 Å². The second-order valence-electron chi connectivity index (χ2n) is 2.33. The Morgan fingerprint density at radius 3 is 3.17 bits per heavy atom. The Bertz CT molecular complexity index is 467. The Hall–Kier alpha value is -1.34. The average Bonchev–Trinajstić information content (AvgIpc) is 2.48. The van der Waals surface area contributed by atoms with Crippen molar-refractivity contribution in [2.45, 2.75) is 0 Å². The van der Waals surface area contributed by atoms with Crippen molar-refractivity contribution in [2.75, 3.05) is 0 Å². The van der Waals surface area contributed by atoms with Crippen LogP contribution in [0.3, 0.4) is 0 Å². The van der Waals surface area contributed by atoms with Crippen LogP contribution in [-0.4, -0.2) is 9.97 Å². The molecule has 2 rings (SSSR count). The third kappa shape index (κ3) is 0.908. The molecule has 2 aromatic heterocycles. The van der Waals surface area contributed by atoms with E-state index in [2.05, 4.69) is 32.0 Å². The molecule has 0 unspecified atom stereocenters. The van der Waals surface area contributed by atoms with E-state index in [0.717, 1.165) is 15.5 Å². The van der Waals surface area contributed by atoms with Crippen molar-refractivity contribution in [3.63, 3.8) is 0 Å². The van der Waals surface area contributed by atoms with Crippen LogP contribution in [0.15, 0.2) is 22.9 Å². The Labute approximate surface area is 77.2 Å². The van der Waals surface area contributed by atoms with Crippen LogP contribution >= 0.6 is 15.9 Å². The van der Waals surface area contributed by atoms with Gasteiger partial charge in [-0.05, 0) is 22.0 Å². The number of rotatable bonds is 0. The minimum absolute atomic E-state index is 0.633. The van der Waals surface area contributed by atoms with Crippen LogP contribution in [-0.2, 0) is 0 Å². The summed E-state index contributed by atoms with van der Waals surface area (Å²) in [7, 11) is 0. The smallest absolute Gasteiger partial charge is 0.139 e. The number of nitrogens with one attached hydrogen (secondary N) is 1. The van der Waals surface area contributed by atoms with Gasteiger partial charge in [-0.3, -0.25) is 0 Å². The fourth-order valence-corrected chi connectivity index (χ4v) is 1.63. The van der Waals surface area contributed by atoms with Gasteiger partial charge in [-0.1, -0.05) is 0 Å². The van der Waals surface area contributed by atoms with E-state index >= 15 is 0 Å². The molecule has 4 heteroatoms. The van der Waals surface area contributed by atoms with Crippen LogP contribution in [0, 0.1) is 11.3 Å². The lowest BCUT2D eigenvalue weighted by atomic mass is 10.2. The molecule has 0 saturated carbocycles. The molecule has 0 aliphatic rings. The molecule has 0 saturated heterocycles. The zero-order valence-electron chi connectivity index (χ0n) is 6.00. The lowest BCUT2D eigenvalue weighted by Crippen LogP contribution is -1.79. The van der Waals surface area contributed by atoms with Gasteiger partial charge in [-0.2, -0.15) is 5.26 Å². The highest BCUT2D eigenvalue weighted by atomic mass is 79.9. The zero-order chi connectivity index (χ0) is 8.55. The van der Waals surface area contributed by atoms with Crippen molar-refractivity contribution in [1.82, 2.24) is 9.97 Å². The number of nitrogens with zero attached hydrogens (tertiary/aromatic N) is 2. The Balaban J connectivity index is 2.96. The van der Waals surface area contributed by atoms with Gasteiger partial charge in [0.15, 0.2) is 0 Å². The van der Waals surface area contributed by atoms with Gasteiger partial charge in [-0.25, -0.2) is 4.98 Å². The maximum atomic E-state index is 8.77. The van der Waals surface area contributed by atoms with Gasteiger partial charge in [0, 0.05) is 16.9 Å². The fourth-order valence-electron chi connectivity index (χ4n) is 1.11. The number of fused-ring (bicyclic) bond motifs is 1. The first-order valence-electron chi connectivity index (χ1n) is 3.34. The van der Waals surface area contributed by atoms with E-state index in [4.69, 9.17) is 5.26 Å². The number of nitriles is 1. The van der Waals surface area contributed by atoms with Crippen molar-refractivity contribution in [3.8, 4) is 6.07 Å². The van der Waals surface area contributed by atoms with E-state index in [1.54, 1.807) is 18.5 Å². The van der Waals surface area contributed by atoms with E-state index in [1.165, 1.54) is 0 Å². The van der Waals surface area contributed by atoms with Gasteiger partial charge in [0.25, 0.3) is 0 Å². The van der Waals surface area contributed by atoms with Crippen LogP contribution in [0.2, 0.25) is 0 Å². The van der Waals surface area contributed by atoms with Gasteiger partial charge >= 0.3 is 0 Å². The summed E-state index contributed by atoms with van der Waals surface area (Å²) < 4.78 is 0.877. The number of H-pyrrole nitrogens is 1. The lowest BCUT2D eigenvalue weighted by Gasteiger charge is -1.91. The van der Waals surface area contributed by atoms with E-state index in [-0.39, 0.29) is 0 Å². The highest BCUT2D eigenvalue weighted by molar-refractivity contribution is 9.10. The summed E-state index contributed by atoms with van der Waals surface area (Å²) in [5.41, 5.74) is 1.37. The molecule has 3 nitrogen and oxygen atoms in total. The molecule has 58 valence electrons. The average molecular weight is 222 g/mol. The molecule has 0 atom stereocenters. The Morgan fingerprint density at radius 2 is 2.42 bits per heavy atom. The first kappa shape index (κ1) is 7.32. The van der Waals surface area contributed by atoms with Gasteiger partial charge in [0.05, 0.1) is 17.0 Å². The minimum Gasteiger partial charge on any atom is -0.345 e. The van der Waals surface area contributed by atoms with E-state index in [1.807, 2.05) is 0 Å². The van der Waals surface area contributed by atoms with Gasteiger partial charge < -0.3 is 4.98 Å². The van der Waals surface area contributed by atoms with Crippen molar-refractivity contribution >= 4 is 27.0 Å². The van der Waals surface area contributed by atoms with E-state index in [9.17, 15) is 0 Å². The maximum absolute atomic E-state index is 8.77. The topological polar surface area (TPSA) is 52.5 Å². The number of hydrogen-bond donors (Lipinski definition) is 1. The highest BCUT2D eigenvalue weighted by Crippen LogP contribution is 2.24. The summed E-state index contributed by atoms with van der Waals surface area (Å²) in [5.74, 6) is 0. The van der Waals surface area contributed by atoms with Crippen molar-refractivity contribution in [1.29, 1.82) is 5.26 Å². The fraction of sp³-hybridized carbons (Fsp3) is 0. The predicted molar refractivity (Wildman–Crippen MR) is 48.5 cm³/mol. The third-order valence-electron chi connectivity index (χ3n) is 1.65. The molecule has 0 bridgehead atoms. The monoisotopic (exact) mass is 221 g/mol. The summed E-state index contributed by atoms with van der Waals surface area (Å²) in [6.45, 7) is 0. The molecule has 2 heterocycles. The SMILES string of the molecule is N#Cc1ccnc2[nH]cc(Br)c12. The van der Waals surface area contributed by atoms with Crippen molar-refractivity contribution < 1.29 is 0 Å². The molecule has 1 N–H and O–H groups in total. The van der Waals surface area contributed by atoms with Crippen LogP contribution in [0.25, 0.3) is 11.0 Å². The third-order valence-corrected chi connectivity index (χ3v) is 2.27. The summed E-state index contributed by atoms with van der Waals surface area (Å²) in [5, 5.41) is 9.61. The normalized spacial score (nSPS) is 10.0. The molecule has 0 aromatic carbocycles. The van der Waals surface area contributed by atoms with Crippen LogP contribution < -0.4 is 0 Å². The van der Waals surface area contributed by atoms with Gasteiger partial charge in [-0.15, -0.1) is 0 Å². The lowest BCUT2D eigenvalue weighted by molar-refractivity contribution is 1.32. The molecule has 0 fully saturated rings. The second-order valence-corrected chi connectivity index (χ2v) is 3.18. The molecular formula is C8H4BrN3. The maximum Gasteiger partial charge on any atom is 0.139 e. The Morgan fingerprint density at radius 1 is 1.58 bits per heavy atom. The van der Waals surface area contributed by atoms with Crippen molar-refractivity contribution in [2.24, 2.45) is 0 Å². The van der Waals surface area contributed by atoms with Gasteiger partial charge in [0.2, 0.25) is 0 Å². The number of halogens is 1. The quantitative estimate of drug-likeness (QED) is 0.742. The van der Waals surface area contributed by atoms with Crippen molar-refractivity contribution in [3.05, 3.63) is 28.5 Å². The summed E-state index contributed by atoms with van der Waals surface area (Å²) in [6.07, 6.45) is 3.39. The number of pyridine rings is 1. The Kier molecular flexibility index (Phi) is 1.59. The molecule has 2 aromatic rings. The van der Waals surface area contributed by atoms with Crippen LogP contribution in [0.4, 0.5) is 0 Å². The predicted octanol–water partition coefficient (Wildman–Crippen LogP) is 2.20. The van der Waals surface area contributed by atoms with E-state index in [0.29, 0.717) is 5.56 Å². The molecule has 0 spiro atoms. The molecule has 12 heavy (non-hydrogen) atoms. The summed E-state index contributed by atoms with van der Waals surface area (Å²) in [4.78, 5) is 7.03. The number of hydrogen-bond acceptors (Lipinski definition) is 2. The summed E-state index contributed by atoms with van der Waals surface area (Å²) in [6, 6.07) is 3.80. The zero-order valence-corrected chi connectivity index (χ0v) is 7.59. The number of aromatic nitrogens is 2. The first-order valence-corrected chi connectivity index (χ1v) is 4.14. The largest absolute Gasteiger partial charge is 0.345 e. The molecular weight excluding hydrogens is 218 g/mol. The molecule has 0 aliphatic carbocycles. The number of aromatic amines is 1. The van der Waals surface area contributed by atoms with Gasteiger partial charge in [0.1, 0.15) is 5.65 Å². The second kappa shape index (κ2) is 2.61. The molecule has 0 aliphatic heterocycles. The first-order chi connectivity index (χ1) is 5.83. The summed E-state index contributed by atoms with van der Waals surface area (Å²) >= 11 is 3.34. The van der Waals surface area contributed by atoms with Crippen LogP contribution in [0.5, 0.6) is 0 Å².